The molecule has 4 N–H and O–H groups in total. The number of nitrogens with two attached hydrogens (primary N) is 1. The van der Waals surface area contributed by atoms with Crippen LogP contribution in [0.1, 0.15) is 19.3 Å². The van der Waals surface area contributed by atoms with Gasteiger partial charge in [-0.1, -0.05) is 0 Å². The molecule has 0 aliphatic heterocycles. The first-order valence-electron chi connectivity index (χ1n) is 5.79. The first-order chi connectivity index (χ1) is 8.80. The summed E-state index contributed by atoms with van der Waals surface area (Å²) in [7, 11) is 3.20. The molecule has 0 radical (unpaired) electrons. The van der Waals surface area contributed by atoms with E-state index in [1.54, 1.807) is 7.11 Å². The molecule has 0 saturated heterocycles. The molecular formula is C10H20N6O2. The molecule has 8 heteroatoms. The van der Waals surface area contributed by atoms with Gasteiger partial charge in [0.1, 0.15) is 0 Å². The van der Waals surface area contributed by atoms with Gasteiger partial charge in [0.25, 0.3) is 0 Å². The summed E-state index contributed by atoms with van der Waals surface area (Å²) in [5.41, 5.74) is 2.36. The van der Waals surface area contributed by atoms with E-state index in [1.165, 1.54) is 7.11 Å². The van der Waals surface area contributed by atoms with Gasteiger partial charge in [-0.15, -0.1) is 0 Å². The Kier molecular flexibility index (Phi) is 6.74. The van der Waals surface area contributed by atoms with Crippen LogP contribution in [0, 0.1) is 0 Å². The van der Waals surface area contributed by atoms with Crippen LogP contribution in [0.3, 0.4) is 0 Å². The molecule has 0 unspecified atom stereocenters. The molecule has 8 nitrogen and oxygen atoms in total. The second-order valence-electron chi connectivity index (χ2n) is 3.59. The second kappa shape index (κ2) is 8.43. The zero-order valence-electron chi connectivity index (χ0n) is 10.8. The van der Waals surface area contributed by atoms with Crippen molar-refractivity contribution in [1.29, 1.82) is 0 Å². The molecular weight excluding hydrogens is 236 g/mol. The molecule has 0 atom stereocenters. The van der Waals surface area contributed by atoms with Crippen molar-refractivity contribution >= 4 is 11.9 Å². The van der Waals surface area contributed by atoms with Gasteiger partial charge in [0.05, 0.1) is 7.11 Å². The van der Waals surface area contributed by atoms with Crippen LogP contribution >= 0.6 is 0 Å². The van der Waals surface area contributed by atoms with Crippen molar-refractivity contribution in [3.05, 3.63) is 0 Å². The van der Waals surface area contributed by atoms with E-state index in [2.05, 4.69) is 25.7 Å². The zero-order valence-corrected chi connectivity index (χ0v) is 10.8. The van der Waals surface area contributed by atoms with Crippen molar-refractivity contribution < 1.29 is 9.47 Å². The maximum Gasteiger partial charge on any atom is 0.322 e. The summed E-state index contributed by atoms with van der Waals surface area (Å²) in [5, 5.41) is 3.09. The van der Waals surface area contributed by atoms with Gasteiger partial charge in [-0.05, 0) is 19.3 Å². The molecule has 1 heterocycles. The molecule has 0 aliphatic rings. The highest BCUT2D eigenvalue weighted by Gasteiger charge is 2.04. The topological polar surface area (TPSA) is 107 Å². The van der Waals surface area contributed by atoms with Gasteiger partial charge in [0.2, 0.25) is 11.9 Å². The number of nitrogens with one attached hydrogen (secondary N) is 2. The molecule has 1 rings (SSSR count). The number of hydrogen-bond donors (Lipinski definition) is 3. The number of rotatable bonds is 9. The smallest absolute Gasteiger partial charge is 0.322 e. The summed E-state index contributed by atoms with van der Waals surface area (Å²) < 4.78 is 9.92. The Bertz CT molecular complexity index is 327. The quantitative estimate of drug-likeness (QED) is 0.331. The number of aromatic nitrogens is 3. The molecule has 1 aromatic heterocycles. The minimum Gasteiger partial charge on any atom is -0.467 e. The summed E-state index contributed by atoms with van der Waals surface area (Å²) >= 11 is 0. The van der Waals surface area contributed by atoms with E-state index in [9.17, 15) is 0 Å². The van der Waals surface area contributed by atoms with Crippen LogP contribution < -0.4 is 21.3 Å². The van der Waals surface area contributed by atoms with Crippen molar-refractivity contribution in [2.45, 2.75) is 19.3 Å². The highest BCUT2D eigenvalue weighted by atomic mass is 16.5. The zero-order chi connectivity index (χ0) is 13.2. The normalized spacial score (nSPS) is 10.2. The molecule has 1 aromatic rings. The van der Waals surface area contributed by atoms with Crippen LogP contribution in [0.2, 0.25) is 0 Å². The monoisotopic (exact) mass is 256 g/mol. The predicted octanol–water partition coefficient (Wildman–Crippen LogP) is 0.394. The largest absolute Gasteiger partial charge is 0.467 e. The Balaban J connectivity index is 2.36. The van der Waals surface area contributed by atoms with E-state index in [1.807, 2.05) is 0 Å². The number of hydrazine groups is 1. The van der Waals surface area contributed by atoms with Crippen molar-refractivity contribution in [3.8, 4) is 6.01 Å². The number of hydrogen-bond acceptors (Lipinski definition) is 8. The minimum atomic E-state index is 0.222. The van der Waals surface area contributed by atoms with E-state index in [4.69, 9.17) is 15.3 Å². The summed E-state index contributed by atoms with van der Waals surface area (Å²) in [6, 6.07) is 0.222. The number of anilines is 2. The van der Waals surface area contributed by atoms with Gasteiger partial charge >= 0.3 is 6.01 Å². The lowest BCUT2D eigenvalue weighted by molar-refractivity contribution is 0.192. The Morgan fingerprint density at radius 2 is 1.83 bits per heavy atom. The highest BCUT2D eigenvalue weighted by Crippen LogP contribution is 2.09. The molecule has 102 valence electrons. The Morgan fingerprint density at radius 3 is 2.50 bits per heavy atom. The Morgan fingerprint density at radius 1 is 1.06 bits per heavy atom. The molecule has 0 fully saturated rings. The second-order valence-corrected chi connectivity index (χ2v) is 3.59. The van der Waals surface area contributed by atoms with Crippen LogP contribution in [0.25, 0.3) is 0 Å². The van der Waals surface area contributed by atoms with Crippen LogP contribution in [0.15, 0.2) is 0 Å². The fourth-order valence-electron chi connectivity index (χ4n) is 1.34. The van der Waals surface area contributed by atoms with Crippen LogP contribution in [0.5, 0.6) is 6.01 Å². The number of ether oxygens (including phenoxy) is 2. The SMILES string of the molecule is COCCCCCNc1nc(NN)nc(OC)n1. The van der Waals surface area contributed by atoms with Crippen LogP contribution in [-0.2, 0) is 4.74 Å². The lowest BCUT2D eigenvalue weighted by atomic mass is 10.2. The molecule has 0 amide bonds. The minimum absolute atomic E-state index is 0.222. The average Bonchev–Trinajstić information content (AvgIpc) is 2.42. The summed E-state index contributed by atoms with van der Waals surface area (Å²) in [4.78, 5) is 12.0. The summed E-state index contributed by atoms with van der Waals surface area (Å²) in [6.45, 7) is 1.57. The number of nitrogen functional groups attached to an aromatic ring is 1. The van der Waals surface area contributed by atoms with Crippen molar-refractivity contribution in [3.63, 3.8) is 0 Å². The maximum absolute atomic E-state index is 5.25. The third kappa shape index (κ3) is 5.11. The summed E-state index contributed by atoms with van der Waals surface area (Å²) in [6.07, 6.45) is 3.15. The van der Waals surface area contributed by atoms with E-state index < -0.39 is 0 Å². The molecule has 18 heavy (non-hydrogen) atoms. The first-order valence-corrected chi connectivity index (χ1v) is 5.79. The van der Waals surface area contributed by atoms with Gasteiger partial charge in [0, 0.05) is 20.3 Å². The maximum atomic E-state index is 5.25. The van der Waals surface area contributed by atoms with E-state index in [0.29, 0.717) is 5.95 Å². The van der Waals surface area contributed by atoms with Crippen molar-refractivity contribution in [2.24, 2.45) is 5.84 Å². The van der Waals surface area contributed by atoms with Gasteiger partial charge < -0.3 is 14.8 Å². The molecule has 0 aromatic carbocycles. The molecule has 0 aliphatic carbocycles. The van der Waals surface area contributed by atoms with Gasteiger partial charge in [-0.25, -0.2) is 5.84 Å². The Hall–Kier alpha value is -1.67. The summed E-state index contributed by atoms with van der Waals surface area (Å²) in [5.74, 6) is 5.97. The van der Waals surface area contributed by atoms with Gasteiger partial charge in [-0.2, -0.15) is 15.0 Å². The molecule has 0 spiro atoms. The fraction of sp³-hybridized carbons (Fsp3) is 0.700. The third-order valence-electron chi connectivity index (χ3n) is 2.23. The van der Waals surface area contributed by atoms with E-state index >= 15 is 0 Å². The van der Waals surface area contributed by atoms with Crippen molar-refractivity contribution in [2.75, 3.05) is 38.1 Å². The Labute approximate surface area is 106 Å². The van der Waals surface area contributed by atoms with Gasteiger partial charge in [0.15, 0.2) is 0 Å². The van der Waals surface area contributed by atoms with Crippen LogP contribution in [0.4, 0.5) is 11.9 Å². The van der Waals surface area contributed by atoms with Crippen LogP contribution in [-0.4, -0.2) is 42.3 Å². The lowest BCUT2D eigenvalue weighted by Gasteiger charge is -2.07. The third-order valence-corrected chi connectivity index (χ3v) is 2.23. The average molecular weight is 256 g/mol. The number of unbranched alkanes of at least 4 members (excludes halogenated alkanes) is 2. The first kappa shape index (κ1) is 14.4. The standard InChI is InChI=1S/C10H20N6O2/c1-17-7-5-3-4-6-12-8-13-9(16-11)15-10(14-8)18-2/h3-7,11H2,1-2H3,(H2,12,13,14,15,16). The predicted molar refractivity (Wildman–Crippen MR) is 68.4 cm³/mol. The van der Waals surface area contributed by atoms with E-state index in [-0.39, 0.29) is 12.0 Å². The van der Waals surface area contributed by atoms with Crippen molar-refractivity contribution in [1.82, 2.24) is 15.0 Å². The molecule has 0 saturated carbocycles. The van der Waals surface area contributed by atoms with E-state index in [0.717, 1.165) is 32.4 Å². The molecule has 0 bridgehead atoms. The number of methoxy groups -OCH3 is 2. The van der Waals surface area contributed by atoms with Gasteiger partial charge in [-0.3, -0.25) is 5.43 Å². The fourth-order valence-corrected chi connectivity index (χ4v) is 1.34. The number of nitrogens with zero attached hydrogens (tertiary/aromatic N) is 3. The highest BCUT2D eigenvalue weighted by molar-refractivity contribution is 5.34. The lowest BCUT2D eigenvalue weighted by Crippen LogP contribution is -2.14.